The summed E-state index contributed by atoms with van der Waals surface area (Å²) in [7, 11) is -2.29. The number of hydrogen-bond acceptors (Lipinski definition) is 4. The van der Waals surface area contributed by atoms with Gasteiger partial charge in [-0.2, -0.15) is 0 Å². The summed E-state index contributed by atoms with van der Waals surface area (Å²) in [6, 6.07) is 97.3. The van der Waals surface area contributed by atoms with Crippen LogP contribution in [-0.2, 0) is 0 Å². The Balaban J connectivity index is 0.845. The summed E-state index contributed by atoms with van der Waals surface area (Å²) in [4.78, 5) is 4.78. The van der Waals surface area contributed by atoms with E-state index in [1.54, 1.807) is 0 Å². The lowest BCUT2D eigenvalue weighted by Gasteiger charge is -2.35. The SMILES string of the molecule is C[Si]1(C)c2cc(-c3ccc(N(c4ccccc4-c4ccccc4)c4cccc5c4oc4ccccc45)cc3)ccc2-c2cc3c4ccccc4c(N(c4ccccc4)c4cccc5c4oc4ccccc45)cc3c3cccc1c23. The highest BCUT2D eigenvalue weighted by molar-refractivity contribution is 7.03. The predicted molar refractivity (Wildman–Crippen MR) is 336 cm³/mol. The summed E-state index contributed by atoms with van der Waals surface area (Å²) in [5.74, 6) is 0. The fraction of sp³-hybridized carbons (Fsp3) is 0.0270. The van der Waals surface area contributed by atoms with E-state index in [-0.39, 0.29) is 0 Å². The minimum atomic E-state index is -2.29. The molecule has 0 saturated carbocycles. The molecule has 0 amide bonds. The molecule has 5 heteroatoms. The maximum absolute atomic E-state index is 6.77. The molecule has 79 heavy (non-hydrogen) atoms. The van der Waals surface area contributed by atoms with E-state index in [1.807, 2.05) is 12.1 Å². The Kier molecular flexibility index (Phi) is 10.1. The Labute approximate surface area is 458 Å². The Hall–Kier alpha value is -9.94. The van der Waals surface area contributed by atoms with Crippen LogP contribution in [0.2, 0.25) is 13.1 Å². The number of furan rings is 2. The van der Waals surface area contributed by atoms with E-state index >= 15 is 0 Å². The average molecular weight is 1030 g/mol. The van der Waals surface area contributed by atoms with Gasteiger partial charge < -0.3 is 18.6 Å². The van der Waals surface area contributed by atoms with Crippen LogP contribution in [0.15, 0.2) is 276 Å². The van der Waals surface area contributed by atoms with Gasteiger partial charge >= 0.3 is 0 Å². The van der Waals surface area contributed by atoms with E-state index in [1.165, 1.54) is 64.9 Å². The van der Waals surface area contributed by atoms with Crippen LogP contribution in [0.5, 0.6) is 0 Å². The van der Waals surface area contributed by atoms with Gasteiger partial charge in [0.15, 0.2) is 11.2 Å². The van der Waals surface area contributed by atoms with Crippen molar-refractivity contribution in [3.63, 3.8) is 0 Å². The van der Waals surface area contributed by atoms with Gasteiger partial charge in [0.1, 0.15) is 19.2 Å². The number of para-hydroxylation sites is 6. The van der Waals surface area contributed by atoms with Gasteiger partial charge in [0.25, 0.3) is 0 Å². The number of rotatable bonds is 8. The maximum atomic E-state index is 6.77. The van der Waals surface area contributed by atoms with Crippen molar-refractivity contribution < 1.29 is 8.83 Å². The van der Waals surface area contributed by atoms with Gasteiger partial charge in [-0.25, -0.2) is 0 Å². The number of hydrogen-bond donors (Lipinski definition) is 0. The molecule has 16 rings (SSSR count). The average Bonchev–Trinajstić information content (AvgIpc) is 4.18. The summed E-state index contributed by atoms with van der Waals surface area (Å²) >= 11 is 0. The summed E-state index contributed by atoms with van der Waals surface area (Å²) in [6.07, 6.45) is 0. The second-order valence-electron chi connectivity index (χ2n) is 21.5. The topological polar surface area (TPSA) is 32.8 Å². The van der Waals surface area contributed by atoms with E-state index in [0.717, 1.165) is 89.1 Å². The highest BCUT2D eigenvalue weighted by Crippen LogP contribution is 2.50. The molecular formula is C74H50N2O2Si. The summed E-state index contributed by atoms with van der Waals surface area (Å²) in [5, 5.41) is 14.9. The van der Waals surface area contributed by atoms with Gasteiger partial charge in [0, 0.05) is 43.9 Å². The first-order valence-electron chi connectivity index (χ1n) is 27.2. The lowest BCUT2D eigenvalue weighted by molar-refractivity contribution is 0.668. The van der Waals surface area contributed by atoms with Gasteiger partial charge in [-0.3, -0.25) is 0 Å². The molecule has 0 N–H and O–H groups in total. The van der Waals surface area contributed by atoms with Crippen molar-refractivity contribution in [3.05, 3.63) is 267 Å². The molecule has 0 unspecified atom stereocenters. The van der Waals surface area contributed by atoms with Crippen LogP contribution in [0.3, 0.4) is 0 Å². The number of benzene rings is 13. The third-order valence-electron chi connectivity index (χ3n) is 16.8. The zero-order valence-electron chi connectivity index (χ0n) is 43.6. The van der Waals surface area contributed by atoms with Crippen LogP contribution in [0.1, 0.15) is 0 Å². The van der Waals surface area contributed by atoms with E-state index in [9.17, 15) is 0 Å². The molecule has 0 bridgehead atoms. The molecule has 15 aromatic rings. The molecule has 4 nitrogen and oxygen atoms in total. The summed E-state index contributed by atoms with van der Waals surface area (Å²) in [5.41, 5.74) is 17.1. The molecular weight excluding hydrogens is 977 g/mol. The molecule has 0 spiro atoms. The number of fused-ring (bicyclic) bond motifs is 12. The number of nitrogens with zero attached hydrogens (tertiary/aromatic N) is 2. The van der Waals surface area contributed by atoms with E-state index in [2.05, 4.69) is 278 Å². The minimum absolute atomic E-state index is 0.861. The summed E-state index contributed by atoms with van der Waals surface area (Å²) < 4.78 is 13.5. The van der Waals surface area contributed by atoms with Crippen LogP contribution in [0, 0.1) is 0 Å². The predicted octanol–water partition coefficient (Wildman–Crippen LogP) is 20.0. The molecule has 0 atom stereocenters. The first-order valence-corrected chi connectivity index (χ1v) is 30.2. The molecule has 0 fully saturated rings. The lowest BCUT2D eigenvalue weighted by Crippen LogP contribution is -2.55. The molecule has 0 radical (unpaired) electrons. The van der Waals surface area contributed by atoms with E-state index in [4.69, 9.17) is 8.83 Å². The van der Waals surface area contributed by atoms with Crippen molar-refractivity contribution in [3.8, 4) is 33.4 Å². The zero-order valence-corrected chi connectivity index (χ0v) is 44.6. The second kappa shape index (κ2) is 17.5. The number of anilines is 6. The fourth-order valence-electron chi connectivity index (χ4n) is 13.1. The van der Waals surface area contributed by atoms with Crippen molar-refractivity contribution in [2.75, 3.05) is 9.80 Å². The van der Waals surface area contributed by atoms with E-state index < -0.39 is 8.07 Å². The highest BCUT2D eigenvalue weighted by atomic mass is 28.3. The second-order valence-corrected chi connectivity index (χ2v) is 25.8. The minimum Gasteiger partial charge on any atom is -0.454 e. The molecule has 372 valence electrons. The van der Waals surface area contributed by atoms with Gasteiger partial charge in [-0.05, 0) is 132 Å². The first kappa shape index (κ1) is 45.3. The van der Waals surface area contributed by atoms with E-state index in [0.29, 0.717) is 0 Å². The molecule has 2 aromatic heterocycles. The molecule has 0 aliphatic carbocycles. The molecule has 1 aliphatic heterocycles. The Bertz CT molecular complexity index is 4940. The smallest absolute Gasteiger partial charge is 0.159 e. The Morgan fingerprint density at radius 2 is 0.785 bits per heavy atom. The van der Waals surface area contributed by atoms with Crippen LogP contribution in [0.4, 0.5) is 34.1 Å². The van der Waals surface area contributed by atoms with Gasteiger partial charge in [-0.15, -0.1) is 0 Å². The largest absolute Gasteiger partial charge is 0.454 e. The van der Waals surface area contributed by atoms with Crippen molar-refractivity contribution >= 4 is 129 Å². The van der Waals surface area contributed by atoms with Crippen LogP contribution < -0.4 is 20.2 Å². The van der Waals surface area contributed by atoms with Gasteiger partial charge in [0.2, 0.25) is 0 Å². The van der Waals surface area contributed by atoms with Crippen molar-refractivity contribution in [1.82, 2.24) is 0 Å². The van der Waals surface area contributed by atoms with Crippen LogP contribution in [0.25, 0.3) is 110 Å². The van der Waals surface area contributed by atoms with Gasteiger partial charge in [-0.1, -0.05) is 213 Å². The normalized spacial score (nSPS) is 12.8. The van der Waals surface area contributed by atoms with Crippen molar-refractivity contribution in [2.45, 2.75) is 13.1 Å². The molecule has 0 saturated heterocycles. The highest BCUT2D eigenvalue weighted by Gasteiger charge is 2.37. The molecule has 3 heterocycles. The Morgan fingerprint density at radius 3 is 1.48 bits per heavy atom. The first-order chi connectivity index (χ1) is 39.0. The third-order valence-corrected chi connectivity index (χ3v) is 20.3. The lowest BCUT2D eigenvalue weighted by atomic mass is 9.89. The quantitative estimate of drug-likeness (QED) is 0.112. The van der Waals surface area contributed by atoms with Crippen molar-refractivity contribution in [1.29, 1.82) is 0 Å². The third kappa shape index (κ3) is 6.93. The summed E-state index contributed by atoms with van der Waals surface area (Å²) in [6.45, 7) is 5.08. The zero-order chi connectivity index (χ0) is 52.3. The molecule has 1 aliphatic rings. The molecule has 13 aromatic carbocycles. The maximum Gasteiger partial charge on any atom is 0.159 e. The Morgan fingerprint density at radius 1 is 0.278 bits per heavy atom. The van der Waals surface area contributed by atoms with Gasteiger partial charge in [0.05, 0.1) is 22.7 Å². The standard InChI is InChI=1S/C74H50N2O2Si/c1-79(2)70-37-19-29-58-62-46-67(76(50-22-7-4-8-23-50)66-34-18-31-60-56-28-13-16-36-69(56)78-74(60)66)54-26-10-9-25-53(54)61(62)45-63(72(58)70)57-43-40-49(44-71(57)79)47-38-41-51(42-39-47)75(64-32-14-11-24-52(64)48-20-5-3-6-21-48)65-33-17-30-59-55-27-12-15-35-68(55)77-73(59)65/h3-46H,1-2H3. The fourth-order valence-corrected chi connectivity index (χ4v) is 16.2. The van der Waals surface area contributed by atoms with Crippen LogP contribution in [-0.4, -0.2) is 8.07 Å². The van der Waals surface area contributed by atoms with Crippen molar-refractivity contribution in [2.24, 2.45) is 0 Å². The monoisotopic (exact) mass is 1030 g/mol. The van der Waals surface area contributed by atoms with Crippen LogP contribution >= 0.6 is 0 Å².